The first-order valence-corrected chi connectivity index (χ1v) is 10.3. The van der Waals surface area contributed by atoms with E-state index in [0.717, 1.165) is 36.4 Å². The van der Waals surface area contributed by atoms with E-state index in [2.05, 4.69) is 4.18 Å². The number of hydrogen-bond donors (Lipinski definition) is 0. The zero-order valence-electron chi connectivity index (χ0n) is 13.1. The van der Waals surface area contributed by atoms with Crippen molar-refractivity contribution >= 4 is 37.3 Å². The molecule has 146 valence electrons. The second-order valence-corrected chi connectivity index (χ2v) is 9.05. The van der Waals surface area contributed by atoms with Gasteiger partial charge in [-0.3, -0.25) is 4.79 Å². The van der Waals surface area contributed by atoms with Crippen LogP contribution in [-0.2, 0) is 24.1 Å². The molecule has 6 nitrogen and oxygen atoms in total. The summed E-state index contributed by atoms with van der Waals surface area (Å²) in [5.41, 5.74) is -9.23. The number of carbonyl (C=O) groups is 1. The Bertz CT molecular complexity index is 1030. The molecule has 12 heteroatoms. The first kappa shape index (κ1) is 21.4. The van der Waals surface area contributed by atoms with Crippen molar-refractivity contribution in [3.63, 3.8) is 0 Å². The van der Waals surface area contributed by atoms with Gasteiger partial charge in [-0.25, -0.2) is 12.6 Å². The maximum atomic E-state index is 12.7. The van der Waals surface area contributed by atoms with Gasteiger partial charge in [0.05, 0.1) is 4.90 Å². The summed E-state index contributed by atoms with van der Waals surface area (Å²) in [6, 6.07) is 10.3. The van der Waals surface area contributed by atoms with Crippen molar-refractivity contribution in [1.82, 2.24) is 0 Å². The molecule has 1 unspecified atom stereocenters. The lowest BCUT2D eigenvalue weighted by molar-refractivity contribution is -0.0544. The summed E-state index contributed by atoms with van der Waals surface area (Å²) >= 11 is 5.63. The lowest BCUT2D eigenvalue weighted by Gasteiger charge is -2.18. The monoisotopic (exact) mass is 442 g/mol. The molecule has 0 saturated carbocycles. The Morgan fingerprint density at radius 2 is 1.44 bits per heavy atom. The number of sulfone groups is 1. The molecule has 0 saturated heterocycles. The second kappa shape index (κ2) is 7.58. The van der Waals surface area contributed by atoms with Gasteiger partial charge in [-0.1, -0.05) is 41.9 Å². The number of hydrogen-bond acceptors (Lipinski definition) is 6. The molecule has 0 aliphatic carbocycles. The van der Waals surface area contributed by atoms with Gasteiger partial charge in [0.2, 0.25) is 21.1 Å². The number of rotatable bonds is 6. The Morgan fingerprint density at radius 3 is 1.93 bits per heavy atom. The van der Waals surface area contributed by atoms with Crippen LogP contribution < -0.4 is 0 Å². The van der Waals surface area contributed by atoms with Gasteiger partial charge in [0.1, 0.15) is 0 Å². The first-order valence-electron chi connectivity index (χ1n) is 6.94. The van der Waals surface area contributed by atoms with E-state index in [9.17, 15) is 34.8 Å². The summed E-state index contributed by atoms with van der Waals surface area (Å²) in [7, 11) is -11.3. The average Bonchev–Trinajstić information content (AvgIpc) is 2.59. The van der Waals surface area contributed by atoms with Crippen LogP contribution in [0.2, 0.25) is 5.02 Å². The fraction of sp³-hybridized carbons (Fsp3) is 0.133. The van der Waals surface area contributed by atoms with Crippen LogP contribution in [0.25, 0.3) is 0 Å². The summed E-state index contributed by atoms with van der Waals surface area (Å²) in [6.07, 6.45) is 0. The summed E-state index contributed by atoms with van der Waals surface area (Å²) in [4.78, 5) is 11.8. The van der Waals surface area contributed by atoms with Gasteiger partial charge in [-0.05, 0) is 24.3 Å². The highest BCUT2D eigenvalue weighted by Crippen LogP contribution is 2.30. The lowest BCUT2D eigenvalue weighted by Crippen LogP contribution is -2.39. The minimum Gasteiger partial charge on any atom is -0.290 e. The number of carbonyl (C=O) groups excluding carboxylic acids is 1. The average molecular weight is 443 g/mol. The summed E-state index contributed by atoms with van der Waals surface area (Å²) in [5, 5.41) is 0.115. The molecule has 2 rings (SSSR count). The molecule has 2 aromatic carbocycles. The third kappa shape index (κ3) is 4.67. The Morgan fingerprint density at radius 1 is 0.926 bits per heavy atom. The Kier molecular flexibility index (Phi) is 6.00. The molecule has 0 aliphatic heterocycles. The fourth-order valence-corrected chi connectivity index (χ4v) is 4.35. The van der Waals surface area contributed by atoms with Crippen LogP contribution in [0.15, 0.2) is 59.5 Å². The molecule has 2 aromatic rings. The van der Waals surface area contributed by atoms with Crippen molar-refractivity contribution in [1.29, 1.82) is 0 Å². The van der Waals surface area contributed by atoms with E-state index < -0.39 is 41.6 Å². The lowest BCUT2D eigenvalue weighted by atomic mass is 10.1. The third-order valence-electron chi connectivity index (χ3n) is 3.19. The number of alkyl halides is 3. The molecule has 0 aliphatic rings. The van der Waals surface area contributed by atoms with E-state index in [0.29, 0.717) is 0 Å². The number of halogens is 4. The topological polar surface area (TPSA) is 94.6 Å². The Labute approximate surface area is 157 Å². The van der Waals surface area contributed by atoms with Crippen LogP contribution in [0.3, 0.4) is 0 Å². The van der Waals surface area contributed by atoms with E-state index >= 15 is 0 Å². The van der Waals surface area contributed by atoms with E-state index in [1.165, 1.54) is 18.2 Å². The van der Waals surface area contributed by atoms with Crippen molar-refractivity contribution < 1.29 is 39.0 Å². The van der Waals surface area contributed by atoms with Crippen LogP contribution in [0, 0.1) is 0 Å². The van der Waals surface area contributed by atoms with E-state index in [-0.39, 0.29) is 10.6 Å². The van der Waals surface area contributed by atoms with E-state index in [4.69, 9.17) is 11.6 Å². The molecule has 0 N–H and O–H groups in total. The number of benzene rings is 2. The van der Waals surface area contributed by atoms with Crippen LogP contribution in [0.1, 0.15) is 10.4 Å². The zero-order chi connectivity index (χ0) is 20.5. The number of Topliss-reactive ketones (excluding diaryl/α,β-unsaturated/α-hetero) is 1. The van der Waals surface area contributed by atoms with Crippen LogP contribution in [0.5, 0.6) is 0 Å². The minimum absolute atomic E-state index is 0.115. The van der Waals surface area contributed by atoms with Gasteiger partial charge < -0.3 is 0 Å². The molecule has 27 heavy (non-hydrogen) atoms. The van der Waals surface area contributed by atoms with Crippen LogP contribution >= 0.6 is 11.6 Å². The summed E-state index contributed by atoms with van der Waals surface area (Å²) in [5.74, 6) is -1.47. The molecular formula is C15H10ClF3O6S2. The van der Waals surface area contributed by atoms with Gasteiger partial charge >= 0.3 is 15.6 Å². The van der Waals surface area contributed by atoms with Crippen LogP contribution in [0.4, 0.5) is 13.2 Å². The standard InChI is InChI=1S/C15H10ClF3O6S2/c16-11-6-8-12(9-7-11)26(21,22)14(25-27(23,24)15(17,18)19)13(20)10-4-2-1-3-5-10/h1-9,14H. The first-order chi connectivity index (χ1) is 12.4. The Hall–Kier alpha value is -1.95. The van der Waals surface area contributed by atoms with Crippen molar-refractivity contribution in [2.75, 3.05) is 0 Å². The Balaban J connectivity index is 2.59. The molecule has 0 spiro atoms. The fourth-order valence-electron chi connectivity index (χ4n) is 1.89. The highest BCUT2D eigenvalue weighted by Gasteiger charge is 2.52. The van der Waals surface area contributed by atoms with Gasteiger partial charge in [0.15, 0.2) is 0 Å². The molecule has 1 atom stereocenters. The normalized spacial score (nSPS) is 13.9. The molecular weight excluding hydrogens is 433 g/mol. The molecule has 0 aromatic heterocycles. The van der Waals surface area contributed by atoms with E-state index in [1.807, 2.05) is 0 Å². The van der Waals surface area contributed by atoms with Crippen molar-refractivity contribution in [3.05, 3.63) is 65.2 Å². The largest absolute Gasteiger partial charge is 0.523 e. The highest BCUT2D eigenvalue weighted by atomic mass is 35.5. The predicted octanol–water partition coefficient (Wildman–Crippen LogP) is 3.19. The molecule has 0 amide bonds. The smallest absolute Gasteiger partial charge is 0.290 e. The van der Waals surface area contributed by atoms with Crippen LogP contribution in [-0.4, -0.2) is 33.6 Å². The SMILES string of the molecule is O=C(c1ccccc1)C(OS(=O)(=O)C(F)(F)F)S(=O)(=O)c1ccc(Cl)cc1. The quantitative estimate of drug-likeness (QED) is 0.387. The molecule has 0 fully saturated rings. The molecule has 0 heterocycles. The van der Waals surface area contributed by atoms with Gasteiger partial charge in [-0.2, -0.15) is 21.6 Å². The maximum absolute atomic E-state index is 12.7. The van der Waals surface area contributed by atoms with Crippen molar-refractivity contribution in [2.24, 2.45) is 0 Å². The van der Waals surface area contributed by atoms with Crippen molar-refractivity contribution in [2.45, 2.75) is 15.8 Å². The molecule has 0 radical (unpaired) electrons. The second-order valence-electron chi connectivity index (χ2n) is 5.06. The molecule has 0 bridgehead atoms. The van der Waals surface area contributed by atoms with E-state index in [1.54, 1.807) is 0 Å². The summed E-state index contributed by atoms with van der Waals surface area (Å²) < 4.78 is 89.8. The van der Waals surface area contributed by atoms with Gasteiger partial charge in [0.25, 0.3) is 0 Å². The predicted molar refractivity (Wildman–Crippen MR) is 89.3 cm³/mol. The maximum Gasteiger partial charge on any atom is 0.523 e. The minimum atomic E-state index is -6.38. The summed E-state index contributed by atoms with van der Waals surface area (Å²) in [6.45, 7) is 0. The van der Waals surface area contributed by atoms with Gasteiger partial charge in [0, 0.05) is 10.6 Å². The third-order valence-corrected chi connectivity index (χ3v) is 6.38. The highest BCUT2D eigenvalue weighted by molar-refractivity contribution is 7.94. The van der Waals surface area contributed by atoms with Crippen molar-refractivity contribution in [3.8, 4) is 0 Å². The van der Waals surface area contributed by atoms with Gasteiger partial charge in [-0.15, -0.1) is 0 Å². The zero-order valence-corrected chi connectivity index (χ0v) is 15.4. The number of ketones is 1.